The highest BCUT2D eigenvalue weighted by molar-refractivity contribution is 9.10. The third-order valence-corrected chi connectivity index (χ3v) is 3.26. The zero-order valence-electron chi connectivity index (χ0n) is 10.3. The summed E-state index contributed by atoms with van der Waals surface area (Å²) in [5, 5.41) is 9.12. The highest BCUT2D eigenvalue weighted by Crippen LogP contribution is 2.19. The second-order valence-corrected chi connectivity index (χ2v) is 4.89. The molecule has 4 heteroatoms. The van der Waals surface area contributed by atoms with Crippen LogP contribution < -0.4 is 0 Å². The molecule has 0 unspecified atom stereocenters. The first kappa shape index (κ1) is 14.2. The van der Waals surface area contributed by atoms with Crippen LogP contribution in [0.25, 0.3) is 6.08 Å². The molecule has 98 valence electrons. The number of benzene rings is 2. The van der Waals surface area contributed by atoms with E-state index in [9.17, 15) is 9.18 Å². The normalized spacial score (nSPS) is 10.9. The van der Waals surface area contributed by atoms with Crippen molar-refractivity contribution >= 4 is 27.8 Å². The van der Waals surface area contributed by atoms with Crippen molar-refractivity contribution in [1.82, 2.24) is 0 Å². The van der Waals surface area contributed by atoms with Crippen molar-refractivity contribution in [3.63, 3.8) is 0 Å². The molecule has 0 bridgehead atoms. The maximum atomic E-state index is 13.1. The van der Waals surface area contributed by atoms with Gasteiger partial charge >= 0.3 is 0 Å². The van der Waals surface area contributed by atoms with Crippen LogP contribution in [0.1, 0.15) is 15.9 Å². The summed E-state index contributed by atoms with van der Waals surface area (Å²) in [5.41, 5.74) is 1.04. The molecule has 20 heavy (non-hydrogen) atoms. The molecule has 0 aliphatic rings. The molecule has 2 aromatic rings. The molecule has 0 fully saturated rings. The molecule has 0 aliphatic heterocycles. The first-order valence-electron chi connectivity index (χ1n) is 5.78. The molecule has 0 radical (unpaired) electrons. The highest BCUT2D eigenvalue weighted by atomic mass is 79.9. The van der Waals surface area contributed by atoms with Crippen LogP contribution in [0.4, 0.5) is 4.39 Å². The van der Waals surface area contributed by atoms with Gasteiger partial charge in [-0.15, -0.1) is 0 Å². The lowest BCUT2D eigenvalue weighted by molar-refractivity contribution is 0.104. The van der Waals surface area contributed by atoms with E-state index in [1.165, 1.54) is 24.3 Å². The van der Waals surface area contributed by atoms with Gasteiger partial charge in [0.05, 0.1) is 4.47 Å². The molecule has 0 saturated carbocycles. The molecule has 0 atom stereocenters. The van der Waals surface area contributed by atoms with Crippen LogP contribution in [-0.4, -0.2) is 5.78 Å². The van der Waals surface area contributed by atoms with Gasteiger partial charge in [0.2, 0.25) is 5.78 Å². The molecule has 0 saturated heterocycles. The zero-order valence-corrected chi connectivity index (χ0v) is 11.9. The van der Waals surface area contributed by atoms with Gasteiger partial charge in [-0.25, -0.2) is 4.39 Å². The second kappa shape index (κ2) is 6.27. The predicted octanol–water partition coefficient (Wildman–Crippen LogP) is 4.38. The van der Waals surface area contributed by atoms with Crippen LogP contribution in [-0.2, 0) is 0 Å². The monoisotopic (exact) mass is 329 g/mol. The highest BCUT2D eigenvalue weighted by Gasteiger charge is 2.11. The predicted molar refractivity (Wildman–Crippen MR) is 78.5 cm³/mol. The van der Waals surface area contributed by atoms with Crippen molar-refractivity contribution in [3.8, 4) is 6.07 Å². The summed E-state index contributed by atoms with van der Waals surface area (Å²) >= 11 is 3.07. The maximum Gasteiger partial charge on any atom is 0.203 e. The summed E-state index contributed by atoms with van der Waals surface area (Å²) in [4.78, 5) is 12.2. The third kappa shape index (κ3) is 3.19. The number of ketones is 1. The number of hydrogen-bond donors (Lipinski definition) is 0. The van der Waals surface area contributed by atoms with Crippen molar-refractivity contribution in [2.75, 3.05) is 0 Å². The molecular formula is C16H9BrFNO. The van der Waals surface area contributed by atoms with Crippen molar-refractivity contribution in [2.24, 2.45) is 0 Å². The van der Waals surface area contributed by atoms with E-state index >= 15 is 0 Å². The minimum absolute atomic E-state index is 0.00899. The van der Waals surface area contributed by atoms with E-state index < -0.39 is 5.82 Å². The van der Waals surface area contributed by atoms with Crippen molar-refractivity contribution in [1.29, 1.82) is 5.26 Å². The Balaban J connectivity index is 2.37. The lowest BCUT2D eigenvalue weighted by atomic mass is 10.0. The summed E-state index contributed by atoms with van der Waals surface area (Å²) in [6, 6.07) is 14.7. The Labute approximate surface area is 124 Å². The van der Waals surface area contributed by atoms with Gasteiger partial charge in [0.15, 0.2) is 0 Å². The number of nitriles is 1. The molecule has 2 rings (SSSR count). The van der Waals surface area contributed by atoms with E-state index in [2.05, 4.69) is 15.9 Å². The van der Waals surface area contributed by atoms with Crippen LogP contribution in [0.2, 0.25) is 0 Å². The number of carbonyl (C=O) groups is 1. The standard InChI is InChI=1S/C16H9BrFNO/c17-14-9-11(6-7-15(14)18)8-13(10-19)16(20)12-4-2-1-3-5-12/h1-9H/b13-8+. The smallest absolute Gasteiger partial charge is 0.203 e. The van der Waals surface area contributed by atoms with Crippen LogP contribution in [0.5, 0.6) is 0 Å². The molecule has 2 aromatic carbocycles. The summed E-state index contributed by atoms with van der Waals surface area (Å²) in [6.45, 7) is 0. The van der Waals surface area contributed by atoms with Gasteiger partial charge in [0.1, 0.15) is 17.5 Å². The Morgan fingerprint density at radius 2 is 1.90 bits per heavy atom. The van der Waals surface area contributed by atoms with Crippen LogP contribution in [0, 0.1) is 17.1 Å². The molecule has 0 spiro atoms. The molecule has 0 aliphatic carbocycles. The van der Waals surface area contributed by atoms with Gasteiger partial charge in [-0.2, -0.15) is 5.26 Å². The Hall–Kier alpha value is -2.25. The van der Waals surface area contributed by atoms with Gasteiger partial charge < -0.3 is 0 Å². The second-order valence-electron chi connectivity index (χ2n) is 4.04. The molecule has 2 nitrogen and oxygen atoms in total. The van der Waals surface area contributed by atoms with E-state index in [1.54, 1.807) is 30.3 Å². The number of rotatable bonds is 3. The van der Waals surface area contributed by atoms with Crippen molar-refractivity contribution in [3.05, 3.63) is 75.5 Å². The van der Waals surface area contributed by atoms with E-state index in [1.807, 2.05) is 6.07 Å². The quantitative estimate of drug-likeness (QED) is 0.476. The van der Waals surface area contributed by atoms with Gasteiger partial charge in [-0.1, -0.05) is 36.4 Å². The van der Waals surface area contributed by atoms with E-state index in [-0.39, 0.29) is 15.8 Å². The number of hydrogen-bond acceptors (Lipinski definition) is 2. The van der Waals surface area contributed by atoms with E-state index in [0.29, 0.717) is 11.1 Å². The Bertz CT molecular complexity index is 717. The molecule has 0 N–H and O–H groups in total. The number of allylic oxidation sites excluding steroid dienone is 1. The fraction of sp³-hybridized carbons (Fsp3) is 0. The first-order valence-corrected chi connectivity index (χ1v) is 6.57. The third-order valence-electron chi connectivity index (χ3n) is 2.66. The number of nitrogens with zero attached hydrogens (tertiary/aromatic N) is 1. The zero-order chi connectivity index (χ0) is 14.5. The van der Waals surface area contributed by atoms with Crippen LogP contribution in [0.3, 0.4) is 0 Å². The number of Topliss-reactive ketones (excluding diaryl/α,β-unsaturated/α-hetero) is 1. The lowest BCUT2D eigenvalue weighted by Gasteiger charge is -2.00. The largest absolute Gasteiger partial charge is 0.288 e. The van der Waals surface area contributed by atoms with E-state index in [4.69, 9.17) is 5.26 Å². The molecule has 0 aromatic heterocycles. The SMILES string of the molecule is N#C/C(=C\c1ccc(F)c(Br)c1)C(=O)c1ccccc1. The summed E-state index contributed by atoms with van der Waals surface area (Å²) in [6.07, 6.45) is 1.44. The average Bonchev–Trinajstić information content (AvgIpc) is 2.48. The fourth-order valence-corrected chi connectivity index (χ4v) is 2.06. The fourth-order valence-electron chi connectivity index (χ4n) is 1.66. The maximum absolute atomic E-state index is 13.1. The van der Waals surface area contributed by atoms with Gasteiger partial charge in [0.25, 0.3) is 0 Å². The number of halogens is 2. The first-order chi connectivity index (χ1) is 9.61. The van der Waals surface area contributed by atoms with Gasteiger partial charge in [-0.05, 0) is 39.7 Å². The Morgan fingerprint density at radius 1 is 1.20 bits per heavy atom. The Kier molecular flexibility index (Phi) is 4.44. The molecule has 0 amide bonds. The summed E-state index contributed by atoms with van der Waals surface area (Å²) < 4.78 is 13.4. The van der Waals surface area contributed by atoms with Gasteiger partial charge in [0, 0.05) is 5.56 Å². The summed E-state index contributed by atoms with van der Waals surface area (Å²) in [5.74, 6) is -0.747. The van der Waals surface area contributed by atoms with E-state index in [0.717, 1.165) is 0 Å². The Morgan fingerprint density at radius 3 is 2.50 bits per heavy atom. The number of carbonyl (C=O) groups excluding carboxylic acids is 1. The topological polar surface area (TPSA) is 40.9 Å². The lowest BCUT2D eigenvalue weighted by Crippen LogP contribution is -2.01. The molecular weight excluding hydrogens is 321 g/mol. The van der Waals surface area contributed by atoms with Crippen LogP contribution in [0.15, 0.2) is 58.6 Å². The van der Waals surface area contributed by atoms with Crippen LogP contribution >= 0.6 is 15.9 Å². The summed E-state index contributed by atoms with van der Waals surface area (Å²) in [7, 11) is 0. The minimum Gasteiger partial charge on any atom is -0.288 e. The van der Waals surface area contributed by atoms with Crippen molar-refractivity contribution in [2.45, 2.75) is 0 Å². The van der Waals surface area contributed by atoms with Gasteiger partial charge in [-0.3, -0.25) is 4.79 Å². The average molecular weight is 330 g/mol. The minimum atomic E-state index is -0.393. The molecule has 0 heterocycles. The van der Waals surface area contributed by atoms with Crippen molar-refractivity contribution < 1.29 is 9.18 Å².